The van der Waals surface area contributed by atoms with E-state index in [0.29, 0.717) is 5.69 Å². The van der Waals surface area contributed by atoms with Crippen molar-refractivity contribution in [3.8, 4) is 0 Å². The summed E-state index contributed by atoms with van der Waals surface area (Å²) in [5, 5.41) is 11.1. The van der Waals surface area contributed by atoms with Crippen LogP contribution in [0.3, 0.4) is 0 Å². The van der Waals surface area contributed by atoms with Crippen molar-refractivity contribution >= 4 is 27.4 Å². The zero-order valence-electron chi connectivity index (χ0n) is 10.3. The van der Waals surface area contributed by atoms with Gasteiger partial charge >= 0.3 is 0 Å². The Kier molecular flexibility index (Phi) is 3.81. The van der Waals surface area contributed by atoms with Crippen LogP contribution in [0.5, 0.6) is 0 Å². The summed E-state index contributed by atoms with van der Waals surface area (Å²) in [5.41, 5.74) is 7.45. The van der Waals surface area contributed by atoms with Gasteiger partial charge in [-0.1, -0.05) is 0 Å². The van der Waals surface area contributed by atoms with Crippen molar-refractivity contribution in [2.75, 3.05) is 17.6 Å². The van der Waals surface area contributed by atoms with Crippen LogP contribution in [0.1, 0.15) is 11.4 Å². The first-order valence-electron chi connectivity index (χ1n) is 5.57. The smallest absolute Gasteiger partial charge is 0.140 e. The Morgan fingerprint density at radius 1 is 1.50 bits per heavy atom. The average molecular weight is 311 g/mol. The van der Waals surface area contributed by atoms with Gasteiger partial charge in [0.25, 0.3) is 0 Å². The Labute approximate surface area is 114 Å². The van der Waals surface area contributed by atoms with Gasteiger partial charge in [0.05, 0.1) is 16.4 Å². The Morgan fingerprint density at radius 3 is 2.94 bits per heavy atom. The van der Waals surface area contributed by atoms with Gasteiger partial charge in [-0.15, -0.1) is 10.2 Å². The molecule has 0 aliphatic carbocycles. The van der Waals surface area contributed by atoms with Gasteiger partial charge in [0.1, 0.15) is 18.0 Å². The molecule has 96 valence electrons. The lowest BCUT2D eigenvalue weighted by Gasteiger charge is -2.10. The number of rotatable bonds is 4. The fraction of sp³-hybridized carbons (Fsp3) is 0.364. The maximum atomic E-state index is 5.77. The normalized spacial score (nSPS) is 10.6. The zero-order chi connectivity index (χ0) is 13.1. The molecule has 0 aliphatic rings. The van der Waals surface area contributed by atoms with E-state index < -0.39 is 0 Å². The first-order valence-corrected chi connectivity index (χ1v) is 6.36. The molecule has 2 aromatic rings. The third-order valence-electron chi connectivity index (χ3n) is 2.75. The van der Waals surface area contributed by atoms with Crippen LogP contribution in [-0.4, -0.2) is 26.3 Å². The predicted molar refractivity (Wildman–Crippen MR) is 74.3 cm³/mol. The molecular weight excluding hydrogens is 296 g/mol. The van der Waals surface area contributed by atoms with Crippen LogP contribution in [0.4, 0.5) is 11.5 Å². The van der Waals surface area contributed by atoms with Gasteiger partial charge in [-0.3, -0.25) is 0 Å². The van der Waals surface area contributed by atoms with E-state index in [1.165, 1.54) is 0 Å². The van der Waals surface area contributed by atoms with Gasteiger partial charge in [-0.2, -0.15) is 0 Å². The lowest BCUT2D eigenvalue weighted by molar-refractivity contribution is 0.787. The Bertz CT molecular complexity index is 550. The summed E-state index contributed by atoms with van der Waals surface area (Å²) < 4.78 is 2.80. The summed E-state index contributed by atoms with van der Waals surface area (Å²) in [6.45, 7) is 2.69. The SMILES string of the molecule is Cc1c(N)cnc(NCCc2nncn2C)c1Br. The van der Waals surface area contributed by atoms with Crippen LogP contribution in [0, 0.1) is 6.92 Å². The number of halogens is 1. The van der Waals surface area contributed by atoms with Gasteiger partial charge in [0.2, 0.25) is 0 Å². The summed E-state index contributed by atoms with van der Waals surface area (Å²) in [4.78, 5) is 4.25. The monoisotopic (exact) mass is 310 g/mol. The Hall–Kier alpha value is -1.63. The van der Waals surface area contributed by atoms with Crippen molar-refractivity contribution in [3.05, 3.63) is 28.4 Å². The Morgan fingerprint density at radius 2 is 2.28 bits per heavy atom. The standard InChI is InChI=1S/C11H15BrN6/c1-7-8(13)5-15-11(10(7)12)14-4-3-9-17-16-6-18(9)2/h5-6H,3-4,13H2,1-2H3,(H,14,15). The quantitative estimate of drug-likeness (QED) is 0.894. The highest BCUT2D eigenvalue weighted by atomic mass is 79.9. The molecular formula is C11H15BrN6. The van der Waals surface area contributed by atoms with E-state index in [0.717, 1.165) is 34.6 Å². The van der Waals surface area contributed by atoms with Crippen LogP contribution >= 0.6 is 15.9 Å². The maximum Gasteiger partial charge on any atom is 0.140 e. The van der Waals surface area contributed by atoms with Crippen molar-refractivity contribution in [1.29, 1.82) is 0 Å². The van der Waals surface area contributed by atoms with E-state index in [9.17, 15) is 0 Å². The van der Waals surface area contributed by atoms with Crippen LogP contribution in [0.25, 0.3) is 0 Å². The molecule has 2 aromatic heterocycles. The minimum atomic E-state index is 0.681. The van der Waals surface area contributed by atoms with Crippen molar-refractivity contribution in [2.45, 2.75) is 13.3 Å². The van der Waals surface area contributed by atoms with Gasteiger partial charge in [0, 0.05) is 20.0 Å². The van der Waals surface area contributed by atoms with Crippen LogP contribution in [-0.2, 0) is 13.5 Å². The number of anilines is 2. The minimum Gasteiger partial charge on any atom is -0.397 e. The molecule has 18 heavy (non-hydrogen) atoms. The number of aromatic nitrogens is 4. The largest absolute Gasteiger partial charge is 0.397 e. The van der Waals surface area contributed by atoms with E-state index in [-0.39, 0.29) is 0 Å². The van der Waals surface area contributed by atoms with Gasteiger partial charge in [-0.05, 0) is 28.4 Å². The molecule has 0 unspecified atom stereocenters. The zero-order valence-corrected chi connectivity index (χ0v) is 11.9. The molecule has 0 amide bonds. The summed E-state index contributed by atoms with van der Waals surface area (Å²) in [7, 11) is 1.93. The van der Waals surface area contributed by atoms with E-state index in [1.54, 1.807) is 12.5 Å². The molecule has 0 atom stereocenters. The number of nitrogens with zero attached hydrogens (tertiary/aromatic N) is 4. The van der Waals surface area contributed by atoms with Gasteiger partial charge < -0.3 is 15.6 Å². The highest BCUT2D eigenvalue weighted by Gasteiger charge is 2.07. The van der Waals surface area contributed by atoms with Crippen molar-refractivity contribution in [1.82, 2.24) is 19.7 Å². The summed E-state index contributed by atoms with van der Waals surface area (Å²) >= 11 is 3.49. The summed E-state index contributed by atoms with van der Waals surface area (Å²) in [6.07, 6.45) is 4.13. The van der Waals surface area contributed by atoms with Crippen molar-refractivity contribution in [2.24, 2.45) is 7.05 Å². The molecule has 0 radical (unpaired) electrons. The predicted octanol–water partition coefficient (Wildman–Crippen LogP) is 1.52. The number of aryl methyl sites for hydroxylation is 1. The molecule has 2 heterocycles. The number of hydrogen-bond acceptors (Lipinski definition) is 5. The number of nitrogen functional groups attached to an aromatic ring is 1. The topological polar surface area (TPSA) is 81.7 Å². The number of nitrogens with two attached hydrogens (primary N) is 1. The maximum absolute atomic E-state index is 5.77. The van der Waals surface area contributed by atoms with Crippen molar-refractivity contribution < 1.29 is 0 Å². The molecule has 0 saturated carbocycles. The fourth-order valence-corrected chi connectivity index (χ4v) is 2.01. The third-order valence-corrected chi connectivity index (χ3v) is 3.72. The second kappa shape index (κ2) is 5.34. The molecule has 7 heteroatoms. The molecule has 0 spiro atoms. The Balaban J connectivity index is 1.99. The number of pyridine rings is 1. The molecule has 6 nitrogen and oxygen atoms in total. The highest BCUT2D eigenvalue weighted by Crippen LogP contribution is 2.27. The second-order valence-electron chi connectivity index (χ2n) is 4.04. The number of hydrogen-bond donors (Lipinski definition) is 2. The molecule has 0 aliphatic heterocycles. The van der Waals surface area contributed by atoms with Crippen LogP contribution in [0.2, 0.25) is 0 Å². The molecule has 2 rings (SSSR count). The lowest BCUT2D eigenvalue weighted by atomic mass is 10.2. The molecule has 0 saturated heterocycles. The first kappa shape index (κ1) is 12.8. The van der Waals surface area contributed by atoms with E-state index in [4.69, 9.17) is 5.73 Å². The minimum absolute atomic E-state index is 0.681. The summed E-state index contributed by atoms with van der Waals surface area (Å²) in [5.74, 6) is 1.73. The van der Waals surface area contributed by atoms with E-state index in [1.807, 2.05) is 18.5 Å². The molecule has 3 N–H and O–H groups in total. The van der Waals surface area contributed by atoms with Crippen molar-refractivity contribution in [3.63, 3.8) is 0 Å². The lowest BCUT2D eigenvalue weighted by Crippen LogP contribution is -2.10. The highest BCUT2D eigenvalue weighted by molar-refractivity contribution is 9.10. The third kappa shape index (κ3) is 2.61. The molecule has 0 bridgehead atoms. The second-order valence-corrected chi connectivity index (χ2v) is 4.83. The first-order chi connectivity index (χ1) is 8.59. The molecule has 0 fully saturated rings. The van der Waals surface area contributed by atoms with E-state index in [2.05, 4.69) is 36.4 Å². The average Bonchev–Trinajstić information content (AvgIpc) is 2.75. The van der Waals surface area contributed by atoms with E-state index >= 15 is 0 Å². The van der Waals surface area contributed by atoms with Gasteiger partial charge in [0.15, 0.2) is 0 Å². The summed E-state index contributed by atoms with van der Waals surface area (Å²) in [6, 6.07) is 0. The fourth-order valence-electron chi connectivity index (χ4n) is 1.54. The molecule has 0 aromatic carbocycles. The van der Waals surface area contributed by atoms with Gasteiger partial charge in [-0.25, -0.2) is 4.98 Å². The van der Waals surface area contributed by atoms with Crippen LogP contribution < -0.4 is 11.1 Å². The van der Waals surface area contributed by atoms with Crippen LogP contribution in [0.15, 0.2) is 17.0 Å². The number of nitrogens with one attached hydrogen (secondary N) is 1.